The molecule has 1 fully saturated rings. The molecule has 1 aliphatic rings. The molecule has 1 amide bonds. The summed E-state index contributed by atoms with van der Waals surface area (Å²) in [6.07, 6.45) is 3.62. The lowest BCUT2D eigenvalue weighted by atomic mass is 9.97. The third-order valence-corrected chi connectivity index (χ3v) is 4.67. The maximum Gasteiger partial charge on any atom is 0.227 e. The Morgan fingerprint density at radius 1 is 1.29 bits per heavy atom. The predicted molar refractivity (Wildman–Crippen MR) is 93.9 cm³/mol. The summed E-state index contributed by atoms with van der Waals surface area (Å²) in [6, 6.07) is 9.85. The number of aromatic nitrogens is 2. The fourth-order valence-corrected chi connectivity index (χ4v) is 3.47. The number of amides is 1. The van der Waals surface area contributed by atoms with E-state index < -0.39 is 5.60 Å². The maximum atomic E-state index is 12.2. The number of rotatable bonds is 5. The molecule has 0 atom stereocenters. The fourth-order valence-electron chi connectivity index (χ4n) is 3.47. The SMILES string of the molecule is Cc1cc(C)n(Cc2cccc(NC(=O)CC3(O)CCCC3)c2)n1. The van der Waals surface area contributed by atoms with Gasteiger partial charge in [0.2, 0.25) is 5.91 Å². The highest BCUT2D eigenvalue weighted by atomic mass is 16.3. The monoisotopic (exact) mass is 327 g/mol. The molecule has 24 heavy (non-hydrogen) atoms. The van der Waals surface area contributed by atoms with Crippen LogP contribution in [0.3, 0.4) is 0 Å². The second-order valence-electron chi connectivity index (χ2n) is 6.94. The standard InChI is InChI=1S/C19H25N3O2/c1-14-10-15(2)22(21-14)13-16-6-5-7-17(11-16)20-18(23)12-19(24)8-3-4-9-19/h5-7,10-11,24H,3-4,8-9,12-13H2,1-2H3,(H,20,23). The minimum Gasteiger partial charge on any atom is -0.389 e. The molecule has 2 aromatic rings. The molecule has 5 heteroatoms. The second kappa shape index (κ2) is 6.77. The van der Waals surface area contributed by atoms with E-state index in [1.807, 2.05) is 48.9 Å². The van der Waals surface area contributed by atoms with Crippen molar-refractivity contribution in [2.24, 2.45) is 0 Å². The van der Waals surface area contributed by atoms with Crippen molar-refractivity contribution in [2.45, 2.75) is 58.1 Å². The van der Waals surface area contributed by atoms with Crippen molar-refractivity contribution in [2.75, 3.05) is 5.32 Å². The first kappa shape index (κ1) is 16.7. The van der Waals surface area contributed by atoms with Gasteiger partial charge in [-0.15, -0.1) is 0 Å². The molecule has 0 bridgehead atoms. The van der Waals surface area contributed by atoms with Gasteiger partial charge in [0.1, 0.15) is 0 Å². The van der Waals surface area contributed by atoms with Crippen molar-refractivity contribution in [3.63, 3.8) is 0 Å². The van der Waals surface area contributed by atoms with Crippen LogP contribution in [0.1, 0.15) is 49.1 Å². The fraction of sp³-hybridized carbons (Fsp3) is 0.474. The van der Waals surface area contributed by atoms with Gasteiger partial charge in [0, 0.05) is 11.4 Å². The van der Waals surface area contributed by atoms with E-state index in [-0.39, 0.29) is 12.3 Å². The molecule has 0 saturated heterocycles. The van der Waals surface area contributed by atoms with Crippen molar-refractivity contribution in [1.29, 1.82) is 0 Å². The molecule has 128 valence electrons. The summed E-state index contributed by atoms with van der Waals surface area (Å²) in [5.74, 6) is -0.123. The Morgan fingerprint density at radius 3 is 2.71 bits per heavy atom. The summed E-state index contributed by atoms with van der Waals surface area (Å²) < 4.78 is 1.96. The van der Waals surface area contributed by atoms with Gasteiger partial charge in [-0.05, 0) is 50.5 Å². The quantitative estimate of drug-likeness (QED) is 0.886. The Kier molecular flexibility index (Phi) is 4.71. The Balaban J connectivity index is 1.64. The average Bonchev–Trinajstić information content (AvgIpc) is 3.05. The number of carbonyl (C=O) groups excluding carboxylic acids is 1. The molecular weight excluding hydrogens is 302 g/mol. The highest BCUT2D eigenvalue weighted by Gasteiger charge is 2.33. The van der Waals surface area contributed by atoms with Gasteiger partial charge in [-0.25, -0.2) is 0 Å². The van der Waals surface area contributed by atoms with Gasteiger partial charge in [-0.3, -0.25) is 9.48 Å². The molecule has 3 rings (SSSR count). The maximum absolute atomic E-state index is 12.2. The first-order valence-electron chi connectivity index (χ1n) is 8.56. The van der Waals surface area contributed by atoms with Crippen LogP contribution in [-0.4, -0.2) is 26.4 Å². The highest BCUT2D eigenvalue weighted by molar-refractivity contribution is 5.91. The van der Waals surface area contributed by atoms with Gasteiger partial charge < -0.3 is 10.4 Å². The van der Waals surface area contributed by atoms with E-state index >= 15 is 0 Å². The van der Waals surface area contributed by atoms with Gasteiger partial charge in [0.15, 0.2) is 0 Å². The minimum atomic E-state index is -0.814. The van der Waals surface area contributed by atoms with Crippen molar-refractivity contribution in [3.8, 4) is 0 Å². The van der Waals surface area contributed by atoms with Crippen LogP contribution in [-0.2, 0) is 11.3 Å². The zero-order valence-corrected chi connectivity index (χ0v) is 14.4. The average molecular weight is 327 g/mol. The predicted octanol–water partition coefficient (Wildman–Crippen LogP) is 3.18. The van der Waals surface area contributed by atoms with Crippen molar-refractivity contribution in [3.05, 3.63) is 47.3 Å². The number of nitrogens with one attached hydrogen (secondary N) is 1. The zero-order chi connectivity index (χ0) is 17.2. The largest absolute Gasteiger partial charge is 0.389 e. The Bertz CT molecular complexity index is 730. The van der Waals surface area contributed by atoms with E-state index in [9.17, 15) is 9.90 Å². The Hall–Kier alpha value is -2.14. The number of hydrogen-bond acceptors (Lipinski definition) is 3. The summed E-state index contributed by atoms with van der Waals surface area (Å²) >= 11 is 0. The lowest BCUT2D eigenvalue weighted by Gasteiger charge is -2.21. The highest BCUT2D eigenvalue weighted by Crippen LogP contribution is 2.32. The first-order chi connectivity index (χ1) is 11.4. The summed E-state index contributed by atoms with van der Waals surface area (Å²) in [7, 11) is 0. The molecule has 0 aliphatic heterocycles. The van der Waals surface area contributed by atoms with Crippen LogP contribution >= 0.6 is 0 Å². The van der Waals surface area contributed by atoms with Crippen LogP contribution in [0.25, 0.3) is 0 Å². The Labute approximate surface area is 142 Å². The van der Waals surface area contributed by atoms with Gasteiger partial charge in [-0.2, -0.15) is 5.10 Å². The van der Waals surface area contributed by atoms with E-state index in [0.717, 1.165) is 48.3 Å². The van der Waals surface area contributed by atoms with E-state index in [2.05, 4.69) is 10.4 Å². The first-order valence-corrected chi connectivity index (χ1v) is 8.56. The molecule has 0 spiro atoms. The van der Waals surface area contributed by atoms with Gasteiger partial charge in [0.25, 0.3) is 0 Å². The number of benzene rings is 1. The molecular formula is C19H25N3O2. The number of carbonyl (C=O) groups is 1. The summed E-state index contributed by atoms with van der Waals surface area (Å²) in [5.41, 5.74) is 3.15. The smallest absolute Gasteiger partial charge is 0.227 e. The summed E-state index contributed by atoms with van der Waals surface area (Å²) in [6.45, 7) is 4.69. The van der Waals surface area contributed by atoms with E-state index in [4.69, 9.17) is 0 Å². The van der Waals surface area contributed by atoms with Gasteiger partial charge >= 0.3 is 0 Å². The van der Waals surface area contributed by atoms with Crippen molar-refractivity contribution < 1.29 is 9.90 Å². The molecule has 1 saturated carbocycles. The third kappa shape index (κ3) is 4.03. The zero-order valence-electron chi connectivity index (χ0n) is 14.4. The van der Waals surface area contributed by atoms with Crippen LogP contribution in [0.5, 0.6) is 0 Å². The third-order valence-electron chi connectivity index (χ3n) is 4.67. The van der Waals surface area contributed by atoms with E-state index in [1.165, 1.54) is 0 Å². The van der Waals surface area contributed by atoms with Crippen LogP contribution in [0, 0.1) is 13.8 Å². The summed E-state index contributed by atoms with van der Waals surface area (Å²) in [4.78, 5) is 12.2. The normalized spacial score (nSPS) is 16.3. The second-order valence-corrected chi connectivity index (χ2v) is 6.94. The Morgan fingerprint density at radius 2 is 2.04 bits per heavy atom. The topological polar surface area (TPSA) is 67.2 Å². The van der Waals surface area contributed by atoms with Gasteiger partial charge in [-0.1, -0.05) is 25.0 Å². The molecule has 2 N–H and O–H groups in total. The van der Waals surface area contributed by atoms with Crippen LogP contribution < -0.4 is 5.32 Å². The molecule has 1 aromatic heterocycles. The number of aryl methyl sites for hydroxylation is 2. The lowest BCUT2D eigenvalue weighted by Crippen LogP contribution is -2.30. The molecule has 1 heterocycles. The van der Waals surface area contributed by atoms with Crippen LogP contribution in [0.15, 0.2) is 30.3 Å². The number of anilines is 1. The minimum absolute atomic E-state index is 0.123. The van der Waals surface area contributed by atoms with Crippen LogP contribution in [0.4, 0.5) is 5.69 Å². The lowest BCUT2D eigenvalue weighted by molar-refractivity contribution is -0.120. The van der Waals surface area contributed by atoms with Crippen molar-refractivity contribution in [1.82, 2.24) is 9.78 Å². The van der Waals surface area contributed by atoms with Crippen molar-refractivity contribution >= 4 is 11.6 Å². The molecule has 1 aromatic carbocycles. The number of aliphatic hydroxyl groups is 1. The molecule has 1 aliphatic carbocycles. The van der Waals surface area contributed by atoms with Crippen LogP contribution in [0.2, 0.25) is 0 Å². The van der Waals surface area contributed by atoms with E-state index in [1.54, 1.807) is 0 Å². The summed E-state index contributed by atoms with van der Waals surface area (Å²) in [5, 5.41) is 17.7. The molecule has 0 radical (unpaired) electrons. The number of hydrogen-bond donors (Lipinski definition) is 2. The molecule has 0 unspecified atom stereocenters. The molecule has 5 nitrogen and oxygen atoms in total. The van der Waals surface area contributed by atoms with E-state index in [0.29, 0.717) is 6.54 Å². The van der Waals surface area contributed by atoms with Gasteiger partial charge in [0.05, 0.1) is 24.3 Å². The number of nitrogens with zero attached hydrogens (tertiary/aromatic N) is 2.